The maximum absolute atomic E-state index is 11.6. The van der Waals surface area contributed by atoms with Crippen LogP contribution in [-0.4, -0.2) is 35.0 Å². The molecular weight excluding hydrogens is 360 g/mol. The second-order valence-electron chi connectivity index (χ2n) is 4.79. The quantitative estimate of drug-likeness (QED) is 0.770. The lowest BCUT2D eigenvalue weighted by atomic mass is 10.1. The third kappa shape index (κ3) is 4.42. The molecule has 1 aromatic rings. The summed E-state index contributed by atoms with van der Waals surface area (Å²) in [7, 11) is -1.12. The standard InChI is InChI=1S/C14H19BrO5S/c1-18-11-6-4-5-10(14(11)15)12(21(16)17)9-20-13-7-2-3-8-19-13/h4-6,12-13,21H,2-3,7-9H2,1H3. The molecule has 0 bridgehead atoms. The molecule has 1 heterocycles. The Balaban J connectivity index is 2.11. The molecule has 7 heteroatoms. The van der Waals surface area contributed by atoms with Gasteiger partial charge in [-0.15, -0.1) is 0 Å². The summed E-state index contributed by atoms with van der Waals surface area (Å²) in [5.74, 6) is 0.600. The van der Waals surface area contributed by atoms with Gasteiger partial charge in [-0.1, -0.05) is 12.1 Å². The maximum Gasteiger partial charge on any atom is 0.157 e. The molecule has 1 aromatic carbocycles. The molecule has 21 heavy (non-hydrogen) atoms. The summed E-state index contributed by atoms with van der Waals surface area (Å²) in [4.78, 5) is 0. The number of ether oxygens (including phenoxy) is 3. The van der Waals surface area contributed by atoms with Crippen molar-refractivity contribution in [2.75, 3.05) is 20.3 Å². The lowest BCUT2D eigenvalue weighted by Gasteiger charge is -2.24. The summed E-state index contributed by atoms with van der Waals surface area (Å²) in [6.45, 7) is 0.747. The number of hydrogen-bond acceptors (Lipinski definition) is 5. The van der Waals surface area contributed by atoms with Crippen LogP contribution in [0.15, 0.2) is 22.7 Å². The molecule has 0 saturated carbocycles. The molecule has 0 radical (unpaired) electrons. The third-order valence-corrected chi connectivity index (χ3v) is 5.19. The zero-order valence-corrected chi connectivity index (χ0v) is 14.3. The molecule has 2 rings (SSSR count). The van der Waals surface area contributed by atoms with Gasteiger partial charge in [0.1, 0.15) is 21.7 Å². The lowest BCUT2D eigenvalue weighted by Crippen LogP contribution is -2.25. The Kier molecular flexibility index (Phi) is 6.47. The number of methoxy groups -OCH3 is 1. The Morgan fingerprint density at radius 2 is 2.24 bits per heavy atom. The van der Waals surface area contributed by atoms with Crippen LogP contribution in [-0.2, 0) is 20.2 Å². The first-order valence-corrected chi connectivity index (χ1v) is 8.86. The first-order valence-electron chi connectivity index (χ1n) is 6.82. The van der Waals surface area contributed by atoms with Crippen molar-refractivity contribution in [1.29, 1.82) is 0 Å². The number of hydrogen-bond donors (Lipinski definition) is 1. The highest BCUT2D eigenvalue weighted by atomic mass is 79.9. The van der Waals surface area contributed by atoms with Gasteiger partial charge in [0, 0.05) is 6.61 Å². The van der Waals surface area contributed by atoms with Crippen molar-refractivity contribution >= 4 is 26.6 Å². The maximum atomic E-state index is 11.6. The average molecular weight is 379 g/mol. The van der Waals surface area contributed by atoms with Crippen molar-refractivity contribution in [3.8, 4) is 5.75 Å². The van der Waals surface area contributed by atoms with Gasteiger partial charge in [0.15, 0.2) is 6.29 Å². The number of halogens is 1. The molecule has 0 N–H and O–H groups in total. The third-order valence-electron chi connectivity index (χ3n) is 3.40. The Bertz CT molecular complexity index is 532. The first-order chi connectivity index (χ1) is 10.1. The minimum absolute atomic E-state index is 0.0785. The van der Waals surface area contributed by atoms with Crippen LogP contribution < -0.4 is 4.74 Å². The monoisotopic (exact) mass is 378 g/mol. The second kappa shape index (κ2) is 8.12. The highest BCUT2D eigenvalue weighted by Gasteiger charge is 2.23. The fourth-order valence-corrected chi connectivity index (χ4v) is 3.78. The van der Waals surface area contributed by atoms with Crippen LogP contribution in [0.5, 0.6) is 5.75 Å². The van der Waals surface area contributed by atoms with Gasteiger partial charge in [-0.05, 0) is 46.8 Å². The summed E-state index contributed by atoms with van der Waals surface area (Å²) < 4.78 is 40.1. The Morgan fingerprint density at radius 1 is 1.43 bits per heavy atom. The zero-order chi connectivity index (χ0) is 15.2. The molecule has 2 atom stereocenters. The Hall–Kier alpha value is -0.630. The first kappa shape index (κ1) is 16.7. The van der Waals surface area contributed by atoms with E-state index in [-0.39, 0.29) is 12.9 Å². The molecule has 5 nitrogen and oxygen atoms in total. The summed E-state index contributed by atoms with van der Waals surface area (Å²) in [6, 6.07) is 5.29. The van der Waals surface area contributed by atoms with E-state index in [1.54, 1.807) is 25.3 Å². The number of rotatable bonds is 6. The van der Waals surface area contributed by atoms with E-state index in [1.807, 2.05) is 0 Å². The number of benzene rings is 1. The molecule has 0 amide bonds. The van der Waals surface area contributed by atoms with E-state index in [2.05, 4.69) is 15.9 Å². The van der Waals surface area contributed by atoms with Gasteiger partial charge in [0.05, 0.1) is 18.2 Å². The fraction of sp³-hybridized carbons (Fsp3) is 0.571. The molecule has 1 aliphatic heterocycles. The van der Waals surface area contributed by atoms with E-state index in [0.29, 0.717) is 22.4 Å². The van der Waals surface area contributed by atoms with E-state index in [4.69, 9.17) is 14.2 Å². The van der Waals surface area contributed by atoms with E-state index >= 15 is 0 Å². The van der Waals surface area contributed by atoms with Gasteiger partial charge < -0.3 is 14.2 Å². The van der Waals surface area contributed by atoms with E-state index in [1.165, 1.54) is 0 Å². The fourth-order valence-electron chi connectivity index (χ4n) is 2.25. The molecule has 2 unspecified atom stereocenters. The van der Waals surface area contributed by atoms with E-state index in [0.717, 1.165) is 19.3 Å². The minimum atomic E-state index is -2.67. The highest BCUT2D eigenvalue weighted by Crippen LogP contribution is 2.34. The van der Waals surface area contributed by atoms with Gasteiger partial charge in [-0.25, -0.2) is 8.42 Å². The molecular formula is C14H19BrO5S. The van der Waals surface area contributed by atoms with Gasteiger partial charge in [0.25, 0.3) is 0 Å². The summed E-state index contributed by atoms with van der Waals surface area (Å²) >= 11 is 3.40. The molecule has 0 aliphatic carbocycles. The topological polar surface area (TPSA) is 61.8 Å². The predicted octanol–water partition coefficient (Wildman–Crippen LogP) is 2.65. The van der Waals surface area contributed by atoms with E-state index in [9.17, 15) is 8.42 Å². The summed E-state index contributed by atoms with van der Waals surface area (Å²) in [5.41, 5.74) is 0.640. The highest BCUT2D eigenvalue weighted by molar-refractivity contribution is 9.10. The van der Waals surface area contributed by atoms with Crippen LogP contribution >= 0.6 is 15.9 Å². The van der Waals surface area contributed by atoms with Crippen molar-refractivity contribution in [3.05, 3.63) is 28.2 Å². The van der Waals surface area contributed by atoms with Gasteiger partial charge in [0.2, 0.25) is 0 Å². The van der Waals surface area contributed by atoms with Crippen LogP contribution in [0.25, 0.3) is 0 Å². The van der Waals surface area contributed by atoms with Crippen molar-refractivity contribution in [1.82, 2.24) is 0 Å². The zero-order valence-electron chi connectivity index (χ0n) is 11.8. The summed E-state index contributed by atoms with van der Waals surface area (Å²) in [6.07, 6.45) is 2.57. The van der Waals surface area contributed by atoms with Gasteiger partial charge in [-0.2, -0.15) is 0 Å². The molecule has 1 fully saturated rings. The largest absolute Gasteiger partial charge is 0.496 e. The van der Waals surface area contributed by atoms with E-state index < -0.39 is 16.0 Å². The van der Waals surface area contributed by atoms with Gasteiger partial charge in [-0.3, -0.25) is 0 Å². The van der Waals surface area contributed by atoms with Crippen LogP contribution in [0.3, 0.4) is 0 Å². The normalized spacial score (nSPS) is 20.4. The minimum Gasteiger partial charge on any atom is -0.496 e. The van der Waals surface area contributed by atoms with Crippen LogP contribution in [0.2, 0.25) is 0 Å². The van der Waals surface area contributed by atoms with Crippen molar-refractivity contribution in [2.45, 2.75) is 30.8 Å². The summed E-state index contributed by atoms with van der Waals surface area (Å²) in [5, 5.41) is -0.727. The smallest absolute Gasteiger partial charge is 0.157 e. The van der Waals surface area contributed by atoms with Crippen LogP contribution in [0, 0.1) is 0 Å². The predicted molar refractivity (Wildman–Crippen MR) is 83.3 cm³/mol. The van der Waals surface area contributed by atoms with Crippen LogP contribution in [0.4, 0.5) is 0 Å². The number of thiol groups is 1. The second-order valence-corrected chi connectivity index (χ2v) is 6.78. The average Bonchev–Trinajstić information content (AvgIpc) is 2.49. The van der Waals surface area contributed by atoms with Crippen LogP contribution in [0.1, 0.15) is 30.1 Å². The molecule has 0 spiro atoms. The van der Waals surface area contributed by atoms with Crippen molar-refractivity contribution in [3.63, 3.8) is 0 Å². The van der Waals surface area contributed by atoms with Gasteiger partial charge >= 0.3 is 0 Å². The van der Waals surface area contributed by atoms with Crippen molar-refractivity contribution in [2.24, 2.45) is 0 Å². The van der Waals surface area contributed by atoms with Crippen molar-refractivity contribution < 1.29 is 22.6 Å². The Morgan fingerprint density at radius 3 is 2.86 bits per heavy atom. The SMILES string of the molecule is COc1cccc(C(COC2CCCCO2)[SH](=O)=O)c1Br. The Labute approximate surface area is 134 Å². The molecule has 0 aromatic heterocycles. The molecule has 118 valence electrons. The molecule has 1 saturated heterocycles. The lowest BCUT2D eigenvalue weighted by molar-refractivity contribution is -0.162. The molecule has 1 aliphatic rings.